The van der Waals surface area contributed by atoms with Gasteiger partial charge in [-0.15, -0.1) is 0 Å². The fourth-order valence-electron chi connectivity index (χ4n) is 2.45. The average molecular weight is 295 g/mol. The summed E-state index contributed by atoms with van der Waals surface area (Å²) in [6, 6.07) is 0. The molecule has 1 aromatic heterocycles. The fraction of sp³-hybridized carbons (Fsp3) is 0.824. The highest BCUT2D eigenvalue weighted by Crippen LogP contribution is 2.10. The number of anilines is 1. The Hall–Kier alpha value is -1.03. The molecule has 0 saturated heterocycles. The number of rotatable bonds is 13. The molecule has 1 N–H and O–H groups in total. The van der Waals surface area contributed by atoms with Crippen LogP contribution in [0.25, 0.3) is 0 Å². The minimum atomic E-state index is 0.798. The van der Waals surface area contributed by atoms with Gasteiger partial charge < -0.3 is 14.6 Å². The number of imidazole rings is 1. The molecule has 0 radical (unpaired) electrons. The number of hydrogen-bond donors (Lipinski definition) is 1. The molecule has 1 rings (SSSR count). The van der Waals surface area contributed by atoms with Gasteiger partial charge in [-0.2, -0.15) is 0 Å². The van der Waals surface area contributed by atoms with Gasteiger partial charge in [0.15, 0.2) is 0 Å². The predicted molar refractivity (Wildman–Crippen MR) is 89.9 cm³/mol. The minimum absolute atomic E-state index is 0.798. The lowest BCUT2D eigenvalue weighted by atomic mass is 10.1. The van der Waals surface area contributed by atoms with E-state index in [-0.39, 0.29) is 0 Å². The molecule has 4 nitrogen and oxygen atoms in total. The molecule has 4 heteroatoms. The number of hydrogen-bond acceptors (Lipinski definition) is 3. The van der Waals surface area contributed by atoms with Crippen molar-refractivity contribution in [1.29, 1.82) is 0 Å². The number of nitrogens with one attached hydrogen (secondary N) is 1. The average Bonchev–Trinajstić information content (AvgIpc) is 2.83. The topological polar surface area (TPSA) is 39.1 Å². The summed E-state index contributed by atoms with van der Waals surface area (Å²) < 4.78 is 7.61. The maximum absolute atomic E-state index is 5.39. The van der Waals surface area contributed by atoms with Crippen LogP contribution < -0.4 is 5.32 Å². The first-order valence-corrected chi connectivity index (χ1v) is 8.63. The summed E-state index contributed by atoms with van der Waals surface area (Å²) in [6.45, 7) is 9.96. The van der Waals surface area contributed by atoms with E-state index in [0.29, 0.717) is 0 Å². The van der Waals surface area contributed by atoms with Gasteiger partial charge >= 0.3 is 0 Å². The Labute approximate surface area is 130 Å². The van der Waals surface area contributed by atoms with Gasteiger partial charge in [0, 0.05) is 32.5 Å². The molecule has 0 saturated carbocycles. The normalized spacial score (nSPS) is 11.0. The first kappa shape index (κ1) is 18.0. The van der Waals surface area contributed by atoms with Crippen molar-refractivity contribution >= 4 is 5.95 Å². The lowest BCUT2D eigenvalue weighted by Crippen LogP contribution is -2.10. The number of unbranched alkanes of at least 4 members (excludes halogenated alkanes) is 5. The predicted octanol–water partition coefficient (Wildman–Crippen LogP) is 4.39. The molecule has 0 aliphatic heterocycles. The van der Waals surface area contributed by atoms with Gasteiger partial charge in [-0.05, 0) is 26.7 Å². The van der Waals surface area contributed by atoms with Crippen LogP contribution in [0, 0.1) is 6.92 Å². The van der Waals surface area contributed by atoms with Gasteiger partial charge in [0.25, 0.3) is 0 Å². The first-order valence-electron chi connectivity index (χ1n) is 8.63. The van der Waals surface area contributed by atoms with Gasteiger partial charge in [0.05, 0.1) is 5.69 Å². The Morgan fingerprint density at radius 3 is 2.62 bits per heavy atom. The zero-order valence-corrected chi connectivity index (χ0v) is 14.2. The standard InChI is InChI=1S/C17H33N3O/c1-4-6-7-8-9-10-12-18-17-19-16(3)15-20(17)13-11-14-21-5-2/h15H,4-14H2,1-3H3,(H,18,19). The lowest BCUT2D eigenvalue weighted by molar-refractivity contribution is 0.142. The van der Waals surface area contributed by atoms with E-state index < -0.39 is 0 Å². The number of ether oxygens (including phenoxy) is 1. The van der Waals surface area contributed by atoms with Crippen LogP contribution in [0.2, 0.25) is 0 Å². The molecular weight excluding hydrogens is 262 g/mol. The Kier molecular flexibility index (Phi) is 9.96. The van der Waals surface area contributed by atoms with Gasteiger partial charge in [0.2, 0.25) is 5.95 Å². The van der Waals surface area contributed by atoms with E-state index in [1.165, 1.54) is 38.5 Å². The van der Waals surface area contributed by atoms with E-state index in [2.05, 4.69) is 34.9 Å². The molecule has 0 bridgehead atoms. The molecule has 0 spiro atoms. The van der Waals surface area contributed by atoms with Crippen LogP contribution in [0.3, 0.4) is 0 Å². The van der Waals surface area contributed by atoms with Gasteiger partial charge in [-0.3, -0.25) is 0 Å². The van der Waals surface area contributed by atoms with E-state index in [1.807, 2.05) is 6.92 Å². The van der Waals surface area contributed by atoms with Crippen molar-refractivity contribution < 1.29 is 4.74 Å². The van der Waals surface area contributed by atoms with Crippen LogP contribution in [-0.2, 0) is 11.3 Å². The van der Waals surface area contributed by atoms with Crippen molar-refractivity contribution in [2.24, 2.45) is 0 Å². The molecule has 1 heterocycles. The Bertz CT molecular complexity index is 363. The van der Waals surface area contributed by atoms with Gasteiger partial charge in [-0.25, -0.2) is 4.98 Å². The second kappa shape index (κ2) is 11.6. The summed E-state index contributed by atoms with van der Waals surface area (Å²) in [5.41, 5.74) is 1.08. The highest BCUT2D eigenvalue weighted by molar-refractivity contribution is 5.28. The Morgan fingerprint density at radius 2 is 1.86 bits per heavy atom. The molecule has 122 valence electrons. The smallest absolute Gasteiger partial charge is 0.203 e. The second-order valence-corrected chi connectivity index (χ2v) is 5.64. The highest BCUT2D eigenvalue weighted by Gasteiger charge is 2.04. The lowest BCUT2D eigenvalue weighted by Gasteiger charge is -2.09. The van der Waals surface area contributed by atoms with Crippen LogP contribution in [0.4, 0.5) is 5.95 Å². The van der Waals surface area contributed by atoms with Gasteiger partial charge in [-0.1, -0.05) is 39.0 Å². The van der Waals surface area contributed by atoms with E-state index in [9.17, 15) is 0 Å². The quantitative estimate of drug-likeness (QED) is 0.549. The van der Waals surface area contributed by atoms with Crippen molar-refractivity contribution in [3.63, 3.8) is 0 Å². The summed E-state index contributed by atoms with van der Waals surface area (Å²) in [7, 11) is 0. The summed E-state index contributed by atoms with van der Waals surface area (Å²) in [5, 5.41) is 3.48. The van der Waals surface area contributed by atoms with Crippen LogP contribution >= 0.6 is 0 Å². The summed E-state index contributed by atoms with van der Waals surface area (Å²) in [5.74, 6) is 1.01. The van der Waals surface area contributed by atoms with Crippen LogP contribution in [0.5, 0.6) is 0 Å². The third-order valence-electron chi connectivity index (χ3n) is 3.60. The molecule has 0 aliphatic carbocycles. The first-order chi connectivity index (χ1) is 10.3. The fourth-order valence-corrected chi connectivity index (χ4v) is 2.45. The summed E-state index contributed by atoms with van der Waals surface area (Å²) in [6.07, 6.45) is 11.1. The van der Waals surface area contributed by atoms with Gasteiger partial charge in [0.1, 0.15) is 0 Å². The van der Waals surface area contributed by atoms with Crippen LogP contribution in [0.15, 0.2) is 6.20 Å². The van der Waals surface area contributed by atoms with E-state index in [0.717, 1.165) is 44.4 Å². The van der Waals surface area contributed by atoms with Crippen molar-refractivity contribution in [1.82, 2.24) is 9.55 Å². The Balaban J connectivity index is 2.21. The number of aryl methyl sites for hydroxylation is 2. The molecule has 0 fully saturated rings. The van der Waals surface area contributed by atoms with E-state index >= 15 is 0 Å². The number of aromatic nitrogens is 2. The van der Waals surface area contributed by atoms with Crippen molar-refractivity contribution in [3.05, 3.63) is 11.9 Å². The summed E-state index contributed by atoms with van der Waals surface area (Å²) >= 11 is 0. The molecule has 0 atom stereocenters. The summed E-state index contributed by atoms with van der Waals surface area (Å²) in [4.78, 5) is 4.57. The van der Waals surface area contributed by atoms with Crippen LogP contribution in [-0.4, -0.2) is 29.3 Å². The molecule has 0 aliphatic rings. The molecule has 0 aromatic carbocycles. The monoisotopic (exact) mass is 295 g/mol. The van der Waals surface area contributed by atoms with Crippen molar-refractivity contribution in [2.75, 3.05) is 25.1 Å². The SMILES string of the molecule is CCCCCCCCNc1nc(C)cn1CCCOCC. The molecule has 1 aromatic rings. The molecule has 21 heavy (non-hydrogen) atoms. The zero-order valence-electron chi connectivity index (χ0n) is 14.2. The molecule has 0 amide bonds. The third-order valence-corrected chi connectivity index (χ3v) is 3.60. The van der Waals surface area contributed by atoms with Crippen molar-refractivity contribution in [2.45, 2.75) is 72.3 Å². The zero-order chi connectivity index (χ0) is 15.3. The second-order valence-electron chi connectivity index (χ2n) is 5.64. The third kappa shape index (κ3) is 8.10. The van der Waals surface area contributed by atoms with E-state index in [4.69, 9.17) is 4.74 Å². The minimum Gasteiger partial charge on any atom is -0.382 e. The van der Waals surface area contributed by atoms with Crippen molar-refractivity contribution in [3.8, 4) is 0 Å². The maximum atomic E-state index is 5.39. The maximum Gasteiger partial charge on any atom is 0.203 e. The van der Waals surface area contributed by atoms with Crippen LogP contribution in [0.1, 0.15) is 64.5 Å². The molecular formula is C17H33N3O. The largest absolute Gasteiger partial charge is 0.382 e. The Morgan fingerprint density at radius 1 is 1.10 bits per heavy atom. The van der Waals surface area contributed by atoms with E-state index in [1.54, 1.807) is 0 Å². The number of nitrogens with zero attached hydrogens (tertiary/aromatic N) is 2. The molecule has 0 unspecified atom stereocenters. The highest BCUT2D eigenvalue weighted by atomic mass is 16.5.